The number of hydrogen-bond acceptors (Lipinski definition) is 4. The molecule has 144 valence electrons. The van der Waals surface area contributed by atoms with Crippen LogP contribution in [0.25, 0.3) is 0 Å². The van der Waals surface area contributed by atoms with Gasteiger partial charge >= 0.3 is 0 Å². The largest absolute Gasteiger partial charge is 0.489 e. The van der Waals surface area contributed by atoms with Gasteiger partial charge in [-0.1, -0.05) is 25.1 Å². The first-order chi connectivity index (χ1) is 12.7. The van der Waals surface area contributed by atoms with E-state index in [1.54, 1.807) is 17.9 Å². The van der Waals surface area contributed by atoms with Crippen molar-refractivity contribution in [3.63, 3.8) is 0 Å². The summed E-state index contributed by atoms with van der Waals surface area (Å²) in [7, 11) is -3.80. The highest BCUT2D eigenvalue weighted by molar-refractivity contribution is 7.92. The fourth-order valence-electron chi connectivity index (χ4n) is 3.32. The van der Waals surface area contributed by atoms with Crippen molar-refractivity contribution >= 4 is 27.3 Å². The number of benzene rings is 2. The molecule has 0 atom stereocenters. The summed E-state index contributed by atoms with van der Waals surface area (Å²) in [5.74, 6) is 0.308. The number of fused-ring (bicyclic) bond motifs is 1. The van der Waals surface area contributed by atoms with Gasteiger partial charge in [0.25, 0.3) is 10.0 Å². The molecule has 0 radical (unpaired) electrons. The van der Waals surface area contributed by atoms with E-state index in [4.69, 9.17) is 4.74 Å². The van der Waals surface area contributed by atoms with Crippen LogP contribution >= 0.6 is 0 Å². The van der Waals surface area contributed by atoms with Crippen LogP contribution in [0.5, 0.6) is 5.75 Å². The molecule has 0 bridgehead atoms. The maximum atomic E-state index is 13.1. The van der Waals surface area contributed by atoms with Gasteiger partial charge < -0.3 is 9.64 Å². The SMILES string of the molecule is CCc1cccc(C)c1NS(=O)(=O)c1cc2c(cc1C)N(C(C)=O)CCO2. The molecule has 0 unspecified atom stereocenters. The second kappa shape index (κ2) is 7.23. The van der Waals surface area contributed by atoms with Crippen LogP contribution in [0.3, 0.4) is 0 Å². The number of sulfonamides is 1. The summed E-state index contributed by atoms with van der Waals surface area (Å²) in [4.78, 5) is 13.6. The second-order valence-corrected chi connectivity index (χ2v) is 8.32. The molecule has 1 heterocycles. The smallest absolute Gasteiger partial charge is 0.262 e. The zero-order valence-corrected chi connectivity index (χ0v) is 16.8. The number of ether oxygens (including phenoxy) is 1. The topological polar surface area (TPSA) is 75.7 Å². The van der Waals surface area contributed by atoms with E-state index >= 15 is 0 Å². The van der Waals surface area contributed by atoms with Gasteiger partial charge in [-0.25, -0.2) is 8.42 Å². The van der Waals surface area contributed by atoms with E-state index < -0.39 is 10.0 Å². The number of anilines is 2. The van der Waals surface area contributed by atoms with E-state index in [1.165, 1.54) is 13.0 Å². The van der Waals surface area contributed by atoms with Gasteiger partial charge in [0, 0.05) is 13.0 Å². The third kappa shape index (κ3) is 3.64. The molecule has 27 heavy (non-hydrogen) atoms. The van der Waals surface area contributed by atoms with Crippen molar-refractivity contribution in [3.05, 3.63) is 47.0 Å². The first-order valence-electron chi connectivity index (χ1n) is 8.91. The Morgan fingerprint density at radius 1 is 1.22 bits per heavy atom. The molecule has 0 saturated carbocycles. The predicted molar refractivity (Wildman–Crippen MR) is 106 cm³/mol. The number of carbonyl (C=O) groups excluding carboxylic acids is 1. The van der Waals surface area contributed by atoms with E-state index in [1.807, 2.05) is 32.0 Å². The molecule has 0 spiro atoms. The molecule has 2 aromatic carbocycles. The molecule has 1 N–H and O–H groups in total. The van der Waals surface area contributed by atoms with Crippen molar-refractivity contribution in [1.82, 2.24) is 0 Å². The number of nitrogens with one attached hydrogen (secondary N) is 1. The highest BCUT2D eigenvalue weighted by atomic mass is 32.2. The molecular formula is C20H24N2O4S. The maximum absolute atomic E-state index is 13.1. The van der Waals surface area contributed by atoms with Crippen molar-refractivity contribution in [3.8, 4) is 5.75 Å². The van der Waals surface area contributed by atoms with Gasteiger partial charge in [-0.2, -0.15) is 0 Å². The summed E-state index contributed by atoms with van der Waals surface area (Å²) in [5.41, 5.74) is 3.59. The Hall–Kier alpha value is -2.54. The number of aryl methyl sites for hydroxylation is 3. The number of nitrogens with zero attached hydrogens (tertiary/aromatic N) is 1. The van der Waals surface area contributed by atoms with Crippen LogP contribution < -0.4 is 14.4 Å². The zero-order valence-electron chi connectivity index (χ0n) is 16.0. The Balaban J connectivity index is 2.05. The lowest BCUT2D eigenvalue weighted by atomic mass is 10.1. The van der Waals surface area contributed by atoms with Crippen LogP contribution in [-0.2, 0) is 21.2 Å². The molecule has 7 heteroatoms. The molecule has 0 aliphatic carbocycles. The number of hydrogen-bond donors (Lipinski definition) is 1. The molecule has 2 aromatic rings. The normalized spacial score (nSPS) is 13.7. The molecule has 0 aromatic heterocycles. The monoisotopic (exact) mass is 388 g/mol. The Labute approximate surface area is 160 Å². The fourth-order valence-corrected chi connectivity index (χ4v) is 4.74. The first kappa shape index (κ1) is 19.2. The van der Waals surface area contributed by atoms with Crippen LogP contribution in [0.4, 0.5) is 11.4 Å². The minimum absolute atomic E-state index is 0.0971. The molecule has 1 amide bonds. The number of carbonyl (C=O) groups is 1. The van der Waals surface area contributed by atoms with Gasteiger partial charge in [-0.3, -0.25) is 9.52 Å². The molecular weight excluding hydrogens is 364 g/mol. The average Bonchev–Trinajstić information content (AvgIpc) is 2.62. The van der Waals surface area contributed by atoms with Crippen LogP contribution in [0.15, 0.2) is 35.2 Å². The number of para-hydroxylation sites is 1. The highest BCUT2D eigenvalue weighted by Crippen LogP contribution is 2.37. The Morgan fingerprint density at radius 2 is 1.96 bits per heavy atom. The van der Waals surface area contributed by atoms with E-state index in [-0.39, 0.29) is 10.8 Å². The lowest BCUT2D eigenvalue weighted by Crippen LogP contribution is -2.36. The zero-order chi connectivity index (χ0) is 19.8. The number of amides is 1. The molecule has 0 saturated heterocycles. The van der Waals surface area contributed by atoms with E-state index in [0.29, 0.717) is 35.8 Å². The van der Waals surface area contributed by atoms with Crippen molar-refractivity contribution in [2.24, 2.45) is 0 Å². The minimum atomic E-state index is -3.80. The standard InChI is InChI=1S/C20H24N2O4S/c1-5-16-8-6-7-13(2)20(16)21-27(24,25)19-12-18-17(11-14(19)3)22(15(4)23)9-10-26-18/h6-8,11-12,21H,5,9-10H2,1-4H3. The summed E-state index contributed by atoms with van der Waals surface area (Å²) in [5, 5.41) is 0. The van der Waals surface area contributed by atoms with Crippen LogP contribution in [-0.4, -0.2) is 27.5 Å². The van der Waals surface area contributed by atoms with E-state index in [2.05, 4.69) is 4.72 Å². The predicted octanol–water partition coefficient (Wildman–Crippen LogP) is 3.41. The molecule has 3 rings (SSSR count). The van der Waals surface area contributed by atoms with Gasteiger partial charge in [-0.15, -0.1) is 0 Å². The Morgan fingerprint density at radius 3 is 2.63 bits per heavy atom. The summed E-state index contributed by atoms with van der Waals surface area (Å²) < 4.78 is 34.6. The number of rotatable bonds is 4. The summed E-state index contributed by atoms with van der Waals surface area (Å²) in [6.07, 6.45) is 0.722. The lowest BCUT2D eigenvalue weighted by Gasteiger charge is -2.29. The fraction of sp³-hybridized carbons (Fsp3) is 0.350. The van der Waals surface area contributed by atoms with Gasteiger partial charge in [0.05, 0.1) is 22.8 Å². The molecule has 6 nitrogen and oxygen atoms in total. The lowest BCUT2D eigenvalue weighted by molar-refractivity contribution is -0.116. The van der Waals surface area contributed by atoms with Crippen LogP contribution in [0, 0.1) is 13.8 Å². The van der Waals surface area contributed by atoms with Crippen molar-refractivity contribution in [2.45, 2.75) is 39.0 Å². The van der Waals surface area contributed by atoms with Crippen LogP contribution in [0.2, 0.25) is 0 Å². The van der Waals surface area contributed by atoms with Crippen molar-refractivity contribution in [2.75, 3.05) is 22.8 Å². The molecule has 0 fully saturated rings. The molecule has 1 aliphatic rings. The first-order valence-corrected chi connectivity index (χ1v) is 10.4. The van der Waals surface area contributed by atoms with Crippen molar-refractivity contribution in [1.29, 1.82) is 0 Å². The maximum Gasteiger partial charge on any atom is 0.262 e. The Bertz CT molecular complexity index is 999. The van der Waals surface area contributed by atoms with Gasteiger partial charge in [0.2, 0.25) is 5.91 Å². The van der Waals surface area contributed by atoms with E-state index in [0.717, 1.165) is 17.5 Å². The van der Waals surface area contributed by atoms with Crippen molar-refractivity contribution < 1.29 is 17.9 Å². The quantitative estimate of drug-likeness (QED) is 0.871. The molecule has 1 aliphatic heterocycles. The summed E-state index contributed by atoms with van der Waals surface area (Å²) in [6.45, 7) is 7.86. The van der Waals surface area contributed by atoms with Gasteiger partial charge in [-0.05, 0) is 43.0 Å². The average molecular weight is 388 g/mol. The summed E-state index contributed by atoms with van der Waals surface area (Å²) in [6, 6.07) is 8.92. The van der Waals surface area contributed by atoms with Crippen LogP contribution in [0.1, 0.15) is 30.5 Å². The third-order valence-electron chi connectivity index (χ3n) is 4.77. The Kier molecular flexibility index (Phi) is 5.15. The highest BCUT2D eigenvalue weighted by Gasteiger charge is 2.27. The minimum Gasteiger partial charge on any atom is -0.489 e. The van der Waals surface area contributed by atoms with E-state index in [9.17, 15) is 13.2 Å². The second-order valence-electron chi connectivity index (χ2n) is 6.67. The van der Waals surface area contributed by atoms with Gasteiger partial charge in [0.15, 0.2) is 0 Å². The third-order valence-corrected chi connectivity index (χ3v) is 6.26. The van der Waals surface area contributed by atoms with Gasteiger partial charge in [0.1, 0.15) is 12.4 Å². The summed E-state index contributed by atoms with van der Waals surface area (Å²) >= 11 is 0.